The highest BCUT2D eigenvalue weighted by Gasteiger charge is 1.94. The molecule has 0 amide bonds. The van der Waals surface area contributed by atoms with Gasteiger partial charge in [-0.25, -0.2) is 0 Å². The van der Waals surface area contributed by atoms with Gasteiger partial charge < -0.3 is 3.07 Å². The molecule has 2 nitrogen and oxygen atoms in total. The minimum atomic E-state index is -0.136. The highest BCUT2D eigenvalue weighted by Crippen LogP contribution is 1.94. The van der Waals surface area contributed by atoms with Crippen molar-refractivity contribution in [3.63, 3.8) is 0 Å². The molecule has 0 radical (unpaired) electrons. The Bertz CT molecular complexity index is 62.7. The van der Waals surface area contributed by atoms with Gasteiger partial charge in [0.15, 0.2) is 23.0 Å². The summed E-state index contributed by atoms with van der Waals surface area (Å²) in [5.74, 6) is -0.136. The van der Waals surface area contributed by atoms with Crippen molar-refractivity contribution in [1.82, 2.24) is 0 Å². The summed E-state index contributed by atoms with van der Waals surface area (Å²) in [6, 6.07) is 0. The van der Waals surface area contributed by atoms with Crippen LogP contribution in [0.25, 0.3) is 0 Å². The molecule has 0 aromatic rings. The third-order valence-corrected chi connectivity index (χ3v) is 1.03. The summed E-state index contributed by atoms with van der Waals surface area (Å²) >= 11 is 1.59. The molecule has 0 saturated carbocycles. The fraction of sp³-hybridized carbons (Fsp3) is 0.750. The molecule has 42 valence electrons. The maximum Gasteiger partial charge on any atom is 0.315 e. The monoisotopic (exact) mass is 214 g/mol. The Balaban J connectivity index is 3.00. The quantitative estimate of drug-likeness (QED) is 0.653. The highest BCUT2D eigenvalue weighted by atomic mass is 127. The smallest absolute Gasteiger partial charge is 0.315 e. The predicted octanol–water partition coefficient (Wildman–Crippen LogP) is 1.68. The van der Waals surface area contributed by atoms with E-state index in [2.05, 4.69) is 3.07 Å². The second-order valence-corrected chi connectivity index (χ2v) is 1.64. The van der Waals surface area contributed by atoms with Crippen molar-refractivity contribution >= 4 is 29.0 Å². The van der Waals surface area contributed by atoms with Crippen molar-refractivity contribution < 1.29 is 7.86 Å². The van der Waals surface area contributed by atoms with Crippen LogP contribution in [0.1, 0.15) is 19.8 Å². The summed E-state index contributed by atoms with van der Waals surface area (Å²) in [4.78, 5) is 10.2. The first-order valence-electron chi connectivity index (χ1n) is 2.12. The number of rotatable bonds is 2. The van der Waals surface area contributed by atoms with Gasteiger partial charge in [-0.1, -0.05) is 6.92 Å². The van der Waals surface area contributed by atoms with E-state index in [-0.39, 0.29) is 5.97 Å². The number of halogens is 1. The van der Waals surface area contributed by atoms with Gasteiger partial charge in [-0.3, -0.25) is 4.79 Å². The van der Waals surface area contributed by atoms with Gasteiger partial charge in [0.2, 0.25) is 0 Å². The number of hydrogen-bond acceptors (Lipinski definition) is 2. The Morgan fingerprint density at radius 2 is 2.43 bits per heavy atom. The Labute approximate surface area is 56.9 Å². The van der Waals surface area contributed by atoms with Gasteiger partial charge in [0.05, 0.1) is 0 Å². The summed E-state index contributed by atoms with van der Waals surface area (Å²) in [6.07, 6.45) is 1.39. The molecule has 0 spiro atoms. The predicted molar refractivity (Wildman–Crippen MR) is 35.0 cm³/mol. The average molecular weight is 214 g/mol. The molecule has 7 heavy (non-hydrogen) atoms. The second-order valence-electron chi connectivity index (χ2n) is 1.20. The first kappa shape index (κ1) is 7.20. The molecule has 0 saturated heterocycles. The standard InChI is InChI=1S/C4H7IO2/c1-2-3-4(6)7-5/h2-3H2,1H3. The maximum absolute atomic E-state index is 10.2. The average Bonchev–Trinajstić information content (AvgIpc) is 1.68. The topological polar surface area (TPSA) is 26.3 Å². The fourth-order valence-corrected chi connectivity index (χ4v) is 0.463. The third kappa shape index (κ3) is 4.04. The molecule has 0 bridgehead atoms. The van der Waals surface area contributed by atoms with Crippen molar-refractivity contribution in [3.8, 4) is 0 Å². The van der Waals surface area contributed by atoms with Crippen LogP contribution in [0.15, 0.2) is 0 Å². The van der Waals surface area contributed by atoms with E-state index in [0.717, 1.165) is 6.42 Å². The fourth-order valence-electron chi connectivity index (χ4n) is 0.243. The Morgan fingerprint density at radius 3 is 2.57 bits per heavy atom. The minimum Gasteiger partial charge on any atom is -0.394 e. The molecule has 0 fully saturated rings. The minimum absolute atomic E-state index is 0.136. The van der Waals surface area contributed by atoms with Gasteiger partial charge in [-0.15, -0.1) is 0 Å². The van der Waals surface area contributed by atoms with Gasteiger partial charge in [0.25, 0.3) is 0 Å². The molecule has 3 heteroatoms. The van der Waals surface area contributed by atoms with Crippen LogP contribution >= 0.6 is 23.0 Å². The van der Waals surface area contributed by atoms with Crippen molar-refractivity contribution in [2.75, 3.05) is 0 Å². The molecule has 0 N–H and O–H groups in total. The largest absolute Gasteiger partial charge is 0.394 e. The molecule has 0 aromatic carbocycles. The molecular formula is C4H7IO2. The lowest BCUT2D eigenvalue weighted by Crippen LogP contribution is -1.92. The van der Waals surface area contributed by atoms with Crippen LogP contribution in [0.4, 0.5) is 0 Å². The molecule has 0 atom stereocenters. The molecule has 0 aliphatic rings. The third-order valence-electron chi connectivity index (χ3n) is 0.540. The van der Waals surface area contributed by atoms with Crippen LogP contribution in [0.2, 0.25) is 0 Å². The van der Waals surface area contributed by atoms with Crippen LogP contribution in [0.3, 0.4) is 0 Å². The summed E-state index contributed by atoms with van der Waals surface area (Å²) in [5.41, 5.74) is 0. The molecule has 0 aliphatic carbocycles. The van der Waals surface area contributed by atoms with Gasteiger partial charge in [0, 0.05) is 6.42 Å². The summed E-state index contributed by atoms with van der Waals surface area (Å²) in [5, 5.41) is 0. The van der Waals surface area contributed by atoms with Crippen LogP contribution in [0, 0.1) is 0 Å². The van der Waals surface area contributed by atoms with Crippen LogP contribution in [-0.4, -0.2) is 5.97 Å². The number of carbonyl (C=O) groups is 1. The van der Waals surface area contributed by atoms with Gasteiger partial charge >= 0.3 is 5.97 Å². The van der Waals surface area contributed by atoms with Crippen LogP contribution < -0.4 is 0 Å². The summed E-state index contributed by atoms with van der Waals surface area (Å²) in [7, 11) is 0. The van der Waals surface area contributed by atoms with Gasteiger partial charge in [-0.2, -0.15) is 0 Å². The van der Waals surface area contributed by atoms with E-state index in [1.165, 1.54) is 0 Å². The Morgan fingerprint density at radius 1 is 1.86 bits per heavy atom. The molecule has 0 aromatic heterocycles. The first-order valence-corrected chi connectivity index (χ1v) is 3.00. The summed E-state index contributed by atoms with van der Waals surface area (Å²) in [6.45, 7) is 1.94. The van der Waals surface area contributed by atoms with Crippen molar-refractivity contribution in [3.05, 3.63) is 0 Å². The van der Waals surface area contributed by atoms with E-state index in [0.29, 0.717) is 6.42 Å². The molecule has 0 rings (SSSR count). The van der Waals surface area contributed by atoms with Crippen molar-refractivity contribution in [2.24, 2.45) is 0 Å². The Kier molecular flexibility index (Phi) is 4.49. The van der Waals surface area contributed by atoms with Crippen molar-refractivity contribution in [2.45, 2.75) is 19.8 Å². The SMILES string of the molecule is CCCC(=O)OI. The van der Waals surface area contributed by atoms with E-state index >= 15 is 0 Å². The van der Waals surface area contributed by atoms with E-state index in [4.69, 9.17) is 0 Å². The van der Waals surface area contributed by atoms with Crippen molar-refractivity contribution in [1.29, 1.82) is 0 Å². The normalized spacial score (nSPS) is 8.29. The highest BCUT2D eigenvalue weighted by molar-refractivity contribution is 14.1. The van der Waals surface area contributed by atoms with E-state index in [9.17, 15) is 4.79 Å². The first-order chi connectivity index (χ1) is 3.31. The molecular weight excluding hydrogens is 207 g/mol. The lowest BCUT2D eigenvalue weighted by Gasteiger charge is -1.87. The zero-order valence-corrected chi connectivity index (χ0v) is 6.27. The van der Waals surface area contributed by atoms with Gasteiger partial charge in [-0.05, 0) is 6.42 Å². The molecule has 0 heterocycles. The van der Waals surface area contributed by atoms with Crippen LogP contribution in [-0.2, 0) is 7.86 Å². The lowest BCUT2D eigenvalue weighted by atomic mass is 10.4. The van der Waals surface area contributed by atoms with E-state index < -0.39 is 0 Å². The van der Waals surface area contributed by atoms with E-state index in [1.807, 2.05) is 6.92 Å². The Hall–Kier alpha value is 0.200. The second kappa shape index (κ2) is 4.36. The van der Waals surface area contributed by atoms with Crippen LogP contribution in [0.5, 0.6) is 0 Å². The lowest BCUT2D eigenvalue weighted by molar-refractivity contribution is -0.131. The van der Waals surface area contributed by atoms with Gasteiger partial charge in [0.1, 0.15) is 0 Å². The zero-order chi connectivity index (χ0) is 5.70. The maximum atomic E-state index is 10.2. The molecule has 0 unspecified atom stereocenters. The molecule has 0 aliphatic heterocycles. The number of carbonyl (C=O) groups excluding carboxylic acids is 1. The number of hydrogen-bond donors (Lipinski definition) is 0. The van der Waals surface area contributed by atoms with E-state index in [1.54, 1.807) is 23.0 Å². The summed E-state index contributed by atoms with van der Waals surface area (Å²) < 4.78 is 4.32. The zero-order valence-electron chi connectivity index (χ0n) is 4.11.